The number of hydrogen-bond donors (Lipinski definition) is 5. The summed E-state index contributed by atoms with van der Waals surface area (Å²) in [6.07, 6.45) is -0.542. The second kappa shape index (κ2) is 10.9. The van der Waals surface area contributed by atoms with Crippen LogP contribution in [0.1, 0.15) is 19.3 Å². The van der Waals surface area contributed by atoms with E-state index < -0.39 is 23.6 Å². The van der Waals surface area contributed by atoms with Crippen LogP contribution in [0.25, 0.3) is 0 Å². The molecule has 0 unspecified atom stereocenters. The number of ether oxygens (including phenoxy) is 2. The van der Waals surface area contributed by atoms with Gasteiger partial charge < -0.3 is 30.5 Å². The highest BCUT2D eigenvalue weighted by Gasteiger charge is 2.25. The predicted molar refractivity (Wildman–Crippen MR) is 73.3 cm³/mol. The van der Waals surface area contributed by atoms with E-state index in [9.17, 15) is 14.4 Å². The van der Waals surface area contributed by atoms with Gasteiger partial charge in [0.1, 0.15) is 5.66 Å². The van der Waals surface area contributed by atoms with Crippen LogP contribution in [0.5, 0.6) is 0 Å². The molecule has 0 rings (SSSR count). The van der Waals surface area contributed by atoms with E-state index in [1.54, 1.807) is 0 Å². The molecule has 0 saturated carbocycles. The fraction of sp³-hybridized carbons (Fsp3) is 0.750. The first-order chi connectivity index (χ1) is 10.2. The first-order valence-corrected chi connectivity index (χ1v) is 6.60. The summed E-state index contributed by atoms with van der Waals surface area (Å²) < 4.78 is 10.3. The minimum absolute atomic E-state index is 0.0516. The van der Waals surface area contributed by atoms with Gasteiger partial charge in [0.2, 0.25) is 0 Å². The molecule has 0 aliphatic rings. The second-order valence-electron chi connectivity index (χ2n) is 4.62. The highest BCUT2D eigenvalue weighted by molar-refractivity contribution is 5.67. The van der Waals surface area contributed by atoms with Crippen molar-refractivity contribution in [1.82, 2.24) is 5.32 Å². The lowest BCUT2D eigenvalue weighted by atomic mass is 10.2. The van der Waals surface area contributed by atoms with Gasteiger partial charge >= 0.3 is 17.9 Å². The molecule has 22 heavy (non-hydrogen) atoms. The molecule has 0 bridgehead atoms. The maximum Gasteiger partial charge on any atom is 0.305 e. The Morgan fingerprint density at radius 2 is 1.27 bits per heavy atom. The summed E-state index contributed by atoms with van der Waals surface area (Å²) in [6, 6.07) is 0. The van der Waals surface area contributed by atoms with Gasteiger partial charge in [-0.05, 0) is 0 Å². The van der Waals surface area contributed by atoms with Gasteiger partial charge in [0.05, 0.1) is 45.7 Å². The summed E-state index contributed by atoms with van der Waals surface area (Å²) in [5, 5.41) is 28.3. The molecule has 0 fully saturated rings. The maximum atomic E-state index is 10.5. The number of carboxylic acids is 3. The summed E-state index contributed by atoms with van der Waals surface area (Å²) in [5.41, 5.74) is 4.74. The zero-order valence-electron chi connectivity index (χ0n) is 12.1. The number of nitrogens with two attached hydrogens (primary N) is 1. The Balaban J connectivity index is 4.23. The van der Waals surface area contributed by atoms with Gasteiger partial charge in [-0.1, -0.05) is 0 Å². The lowest BCUT2D eigenvalue weighted by molar-refractivity contribution is -0.139. The van der Waals surface area contributed by atoms with Crippen LogP contribution in [0.4, 0.5) is 0 Å². The van der Waals surface area contributed by atoms with Crippen molar-refractivity contribution in [2.24, 2.45) is 5.73 Å². The number of nitrogens with one attached hydrogen (secondary N) is 1. The zero-order valence-corrected chi connectivity index (χ0v) is 12.1. The molecular weight excluding hydrogens is 300 g/mol. The number of hydrogen-bond acceptors (Lipinski definition) is 7. The SMILES string of the molecule is NC(COCCC(=O)O)(COCCC(=O)O)NCCC(=O)O. The van der Waals surface area contributed by atoms with E-state index >= 15 is 0 Å². The van der Waals surface area contributed by atoms with Crippen molar-refractivity contribution in [2.45, 2.75) is 24.9 Å². The molecule has 0 heterocycles. The third-order valence-corrected chi connectivity index (χ3v) is 2.46. The van der Waals surface area contributed by atoms with Crippen LogP contribution in [0.3, 0.4) is 0 Å². The molecule has 128 valence electrons. The van der Waals surface area contributed by atoms with Crippen LogP contribution in [0.2, 0.25) is 0 Å². The average Bonchev–Trinajstić information content (AvgIpc) is 2.39. The van der Waals surface area contributed by atoms with Gasteiger partial charge in [-0.2, -0.15) is 0 Å². The van der Waals surface area contributed by atoms with Gasteiger partial charge in [-0.3, -0.25) is 19.7 Å². The Hall–Kier alpha value is -1.75. The Morgan fingerprint density at radius 3 is 1.64 bits per heavy atom. The fourth-order valence-corrected chi connectivity index (χ4v) is 1.39. The molecule has 10 nitrogen and oxygen atoms in total. The van der Waals surface area contributed by atoms with E-state index in [1.807, 2.05) is 0 Å². The maximum absolute atomic E-state index is 10.5. The third-order valence-electron chi connectivity index (χ3n) is 2.46. The van der Waals surface area contributed by atoms with Crippen LogP contribution in [0.15, 0.2) is 0 Å². The summed E-state index contributed by atoms with van der Waals surface area (Å²) >= 11 is 0. The number of carboxylic acid groups (broad SMARTS) is 3. The monoisotopic (exact) mass is 322 g/mol. The van der Waals surface area contributed by atoms with Gasteiger partial charge in [-0.15, -0.1) is 0 Å². The molecule has 0 spiro atoms. The van der Waals surface area contributed by atoms with Gasteiger partial charge in [0.25, 0.3) is 0 Å². The quantitative estimate of drug-likeness (QED) is 0.191. The van der Waals surface area contributed by atoms with Gasteiger partial charge in [0, 0.05) is 6.54 Å². The Bertz CT molecular complexity index is 352. The van der Waals surface area contributed by atoms with Crippen LogP contribution < -0.4 is 11.1 Å². The van der Waals surface area contributed by atoms with E-state index in [1.165, 1.54) is 0 Å². The minimum atomic E-state index is -1.23. The van der Waals surface area contributed by atoms with Crippen molar-refractivity contribution in [1.29, 1.82) is 0 Å². The molecule has 0 saturated heterocycles. The first kappa shape index (κ1) is 20.2. The molecular formula is C12H22N2O8. The molecule has 10 heteroatoms. The summed E-state index contributed by atoms with van der Waals surface area (Å²) in [4.78, 5) is 31.2. The predicted octanol–water partition coefficient (Wildman–Crippen LogP) is -1.31. The first-order valence-electron chi connectivity index (χ1n) is 6.60. The fourth-order valence-electron chi connectivity index (χ4n) is 1.39. The third kappa shape index (κ3) is 12.0. The van der Waals surface area contributed by atoms with E-state index in [-0.39, 0.29) is 52.2 Å². The number of carbonyl (C=O) groups is 3. The Kier molecular flexibility index (Phi) is 10.0. The van der Waals surface area contributed by atoms with Crippen molar-refractivity contribution >= 4 is 17.9 Å². The smallest absolute Gasteiger partial charge is 0.305 e. The summed E-state index contributed by atoms with van der Waals surface area (Å²) in [5.74, 6) is -3.04. The molecule has 0 aromatic carbocycles. The normalized spacial score (nSPS) is 11.3. The molecule has 0 aromatic rings. The van der Waals surface area contributed by atoms with E-state index in [2.05, 4.69) is 5.32 Å². The number of aliphatic carboxylic acids is 3. The van der Waals surface area contributed by atoms with Crippen LogP contribution >= 0.6 is 0 Å². The standard InChI is InChI=1S/C12H22N2O8/c13-12(14-4-1-9(15)16,7-21-5-2-10(17)18)8-22-6-3-11(19)20/h14H,1-8,13H2,(H,15,16)(H,17,18)(H,19,20). The number of rotatable bonds is 14. The van der Waals surface area contributed by atoms with Crippen molar-refractivity contribution in [3.05, 3.63) is 0 Å². The Morgan fingerprint density at radius 1 is 0.864 bits per heavy atom. The van der Waals surface area contributed by atoms with Crippen LogP contribution in [-0.4, -0.2) is 71.9 Å². The van der Waals surface area contributed by atoms with Gasteiger partial charge in [0.15, 0.2) is 0 Å². The highest BCUT2D eigenvalue weighted by atomic mass is 16.5. The van der Waals surface area contributed by atoms with E-state index in [0.717, 1.165) is 0 Å². The molecule has 0 aromatic heterocycles. The van der Waals surface area contributed by atoms with Crippen molar-refractivity contribution in [2.75, 3.05) is 33.0 Å². The molecule has 0 atom stereocenters. The molecule has 6 N–H and O–H groups in total. The minimum Gasteiger partial charge on any atom is -0.481 e. The van der Waals surface area contributed by atoms with Crippen LogP contribution in [-0.2, 0) is 23.9 Å². The zero-order chi connectivity index (χ0) is 17.0. The molecule has 0 aliphatic heterocycles. The summed E-state index contributed by atoms with van der Waals surface area (Å²) in [6.45, 7) is -0.246. The average molecular weight is 322 g/mol. The van der Waals surface area contributed by atoms with Crippen LogP contribution in [0, 0.1) is 0 Å². The van der Waals surface area contributed by atoms with E-state index in [0.29, 0.717) is 0 Å². The second-order valence-corrected chi connectivity index (χ2v) is 4.62. The molecule has 0 amide bonds. The lowest BCUT2D eigenvalue weighted by Gasteiger charge is -2.30. The highest BCUT2D eigenvalue weighted by Crippen LogP contribution is 2.01. The van der Waals surface area contributed by atoms with Crippen molar-refractivity contribution in [3.8, 4) is 0 Å². The topological polar surface area (TPSA) is 168 Å². The lowest BCUT2D eigenvalue weighted by Crippen LogP contribution is -2.61. The van der Waals surface area contributed by atoms with Crippen molar-refractivity contribution in [3.63, 3.8) is 0 Å². The summed E-state index contributed by atoms with van der Waals surface area (Å²) in [7, 11) is 0. The molecule has 0 aliphatic carbocycles. The van der Waals surface area contributed by atoms with Gasteiger partial charge in [-0.25, -0.2) is 0 Å². The largest absolute Gasteiger partial charge is 0.481 e. The van der Waals surface area contributed by atoms with Crippen molar-refractivity contribution < 1.29 is 39.2 Å². The Labute approximate surface area is 127 Å². The molecule has 0 radical (unpaired) electrons. The van der Waals surface area contributed by atoms with E-state index in [4.69, 9.17) is 30.5 Å².